The molecule has 0 fully saturated rings. The van der Waals surface area contributed by atoms with Gasteiger partial charge in [0.05, 0.1) is 11.5 Å². The molecule has 1 aromatic heterocycles. The minimum absolute atomic E-state index is 0.00102. The van der Waals surface area contributed by atoms with Gasteiger partial charge in [0.15, 0.2) is 0 Å². The summed E-state index contributed by atoms with van der Waals surface area (Å²) in [7, 11) is 0. The van der Waals surface area contributed by atoms with Crippen LogP contribution in [0.5, 0.6) is 0 Å². The van der Waals surface area contributed by atoms with Crippen molar-refractivity contribution in [1.29, 1.82) is 0 Å². The van der Waals surface area contributed by atoms with E-state index in [1.54, 1.807) is 25.1 Å². The molecule has 20 heavy (non-hydrogen) atoms. The number of nitro groups is 1. The molecule has 7 heteroatoms. The minimum Gasteiger partial charge on any atom is -0.462 e. The number of nitrogens with two attached hydrogens (primary N) is 1. The highest BCUT2D eigenvalue weighted by molar-refractivity contribution is 5.96. The van der Waals surface area contributed by atoms with Crippen LogP contribution in [-0.2, 0) is 4.74 Å². The number of nitrogen functional groups attached to an aromatic ring is 1. The number of nitrogens with one attached hydrogen (secondary N) is 1. The van der Waals surface area contributed by atoms with Crippen LogP contribution in [0.25, 0.3) is 11.3 Å². The topological polar surface area (TPSA) is 111 Å². The summed E-state index contributed by atoms with van der Waals surface area (Å²) in [6, 6.07) is 7.50. The first-order chi connectivity index (χ1) is 9.52. The fraction of sp³-hybridized carbons (Fsp3) is 0.154. The Morgan fingerprint density at radius 3 is 2.60 bits per heavy atom. The van der Waals surface area contributed by atoms with Gasteiger partial charge in [0, 0.05) is 17.8 Å². The number of H-pyrrole nitrogens is 1. The molecule has 0 aliphatic rings. The van der Waals surface area contributed by atoms with Gasteiger partial charge in [-0.15, -0.1) is 0 Å². The van der Waals surface area contributed by atoms with Gasteiger partial charge >= 0.3 is 5.97 Å². The fourth-order valence-electron chi connectivity index (χ4n) is 1.77. The number of anilines is 1. The van der Waals surface area contributed by atoms with E-state index >= 15 is 0 Å². The lowest BCUT2D eigenvalue weighted by molar-refractivity contribution is -0.384. The molecule has 0 spiro atoms. The zero-order chi connectivity index (χ0) is 14.7. The Bertz CT molecular complexity index is 646. The number of carbonyl (C=O) groups is 1. The van der Waals surface area contributed by atoms with Crippen molar-refractivity contribution in [3.63, 3.8) is 0 Å². The average molecular weight is 275 g/mol. The van der Waals surface area contributed by atoms with Crippen molar-refractivity contribution in [2.45, 2.75) is 6.92 Å². The van der Waals surface area contributed by atoms with E-state index in [9.17, 15) is 14.9 Å². The van der Waals surface area contributed by atoms with Crippen LogP contribution < -0.4 is 5.73 Å². The van der Waals surface area contributed by atoms with Crippen molar-refractivity contribution < 1.29 is 14.5 Å². The summed E-state index contributed by atoms with van der Waals surface area (Å²) in [6.07, 6.45) is 0. The average Bonchev–Trinajstić information content (AvgIpc) is 2.81. The molecule has 2 aromatic rings. The van der Waals surface area contributed by atoms with Crippen molar-refractivity contribution in [3.8, 4) is 11.3 Å². The third kappa shape index (κ3) is 2.61. The number of aromatic amines is 1. The van der Waals surface area contributed by atoms with E-state index in [1.807, 2.05) is 0 Å². The number of aromatic nitrogens is 1. The second-order valence-corrected chi connectivity index (χ2v) is 4.03. The molecule has 1 aromatic carbocycles. The highest BCUT2D eigenvalue weighted by atomic mass is 16.6. The molecule has 3 N–H and O–H groups in total. The Kier molecular flexibility index (Phi) is 3.69. The molecule has 0 radical (unpaired) electrons. The van der Waals surface area contributed by atoms with Crippen LogP contribution in [0.1, 0.15) is 17.3 Å². The van der Waals surface area contributed by atoms with Crippen LogP contribution in [-0.4, -0.2) is 22.5 Å². The monoisotopic (exact) mass is 275 g/mol. The first-order valence-electron chi connectivity index (χ1n) is 5.93. The van der Waals surface area contributed by atoms with E-state index in [0.717, 1.165) is 0 Å². The number of carbonyl (C=O) groups excluding carboxylic acids is 1. The molecule has 0 amide bonds. The maximum absolute atomic E-state index is 11.6. The molecular formula is C13H13N3O4. The van der Waals surface area contributed by atoms with Gasteiger partial charge in [-0.3, -0.25) is 10.1 Å². The van der Waals surface area contributed by atoms with Gasteiger partial charge in [-0.25, -0.2) is 4.79 Å². The summed E-state index contributed by atoms with van der Waals surface area (Å²) >= 11 is 0. The Balaban J connectivity index is 2.32. The number of hydrogen-bond donors (Lipinski definition) is 2. The predicted octanol–water partition coefficient (Wildman–Crippen LogP) is 2.35. The summed E-state index contributed by atoms with van der Waals surface area (Å²) in [5.41, 5.74) is 7.26. The Morgan fingerprint density at radius 1 is 1.40 bits per heavy atom. The van der Waals surface area contributed by atoms with E-state index in [2.05, 4.69) is 4.98 Å². The molecule has 0 aliphatic carbocycles. The van der Waals surface area contributed by atoms with Gasteiger partial charge < -0.3 is 15.5 Å². The lowest BCUT2D eigenvalue weighted by Gasteiger charge is -1.98. The highest BCUT2D eigenvalue weighted by Gasteiger charge is 2.15. The first-order valence-corrected chi connectivity index (χ1v) is 5.93. The quantitative estimate of drug-likeness (QED) is 0.505. The number of benzene rings is 1. The SMILES string of the molecule is CCOC(=O)c1cc(-c2ccc([N+](=O)[O-])cc2)[nH]c1N. The Hall–Kier alpha value is -2.83. The number of nitro benzene ring substituents is 1. The molecule has 0 unspecified atom stereocenters. The molecule has 104 valence electrons. The van der Waals surface area contributed by atoms with Crippen LogP contribution in [0.4, 0.5) is 11.5 Å². The molecule has 1 heterocycles. The van der Waals surface area contributed by atoms with Crippen LogP contribution in [0.2, 0.25) is 0 Å². The van der Waals surface area contributed by atoms with Crippen LogP contribution >= 0.6 is 0 Å². The van der Waals surface area contributed by atoms with E-state index in [-0.39, 0.29) is 23.7 Å². The molecular weight excluding hydrogens is 262 g/mol. The lowest BCUT2D eigenvalue weighted by atomic mass is 10.1. The van der Waals surface area contributed by atoms with E-state index in [1.165, 1.54) is 12.1 Å². The summed E-state index contributed by atoms with van der Waals surface area (Å²) in [4.78, 5) is 24.6. The number of ether oxygens (including phenoxy) is 1. The molecule has 0 aliphatic heterocycles. The molecule has 0 bridgehead atoms. The second kappa shape index (κ2) is 5.43. The normalized spacial score (nSPS) is 10.2. The van der Waals surface area contributed by atoms with Gasteiger partial charge in [0.2, 0.25) is 0 Å². The van der Waals surface area contributed by atoms with Crippen LogP contribution in [0.15, 0.2) is 30.3 Å². The van der Waals surface area contributed by atoms with Crippen molar-refractivity contribution in [2.75, 3.05) is 12.3 Å². The van der Waals surface area contributed by atoms with Crippen molar-refractivity contribution >= 4 is 17.5 Å². The Morgan fingerprint density at radius 2 is 2.05 bits per heavy atom. The maximum Gasteiger partial charge on any atom is 0.341 e. The number of rotatable bonds is 4. The molecule has 0 saturated carbocycles. The first kappa shape index (κ1) is 13.6. The summed E-state index contributed by atoms with van der Waals surface area (Å²) < 4.78 is 4.88. The number of nitrogens with zero attached hydrogens (tertiary/aromatic N) is 1. The molecule has 0 saturated heterocycles. The Labute approximate surface area is 114 Å². The lowest BCUT2D eigenvalue weighted by Crippen LogP contribution is -2.05. The minimum atomic E-state index is -0.505. The molecule has 2 rings (SSSR count). The van der Waals surface area contributed by atoms with Gasteiger partial charge in [0.25, 0.3) is 5.69 Å². The predicted molar refractivity (Wildman–Crippen MR) is 73.3 cm³/mol. The van der Waals surface area contributed by atoms with Crippen molar-refractivity contribution in [3.05, 3.63) is 46.0 Å². The van der Waals surface area contributed by atoms with Crippen molar-refractivity contribution in [2.24, 2.45) is 0 Å². The third-order valence-corrected chi connectivity index (χ3v) is 2.73. The summed E-state index contributed by atoms with van der Waals surface area (Å²) in [5.74, 6) is -0.300. The fourth-order valence-corrected chi connectivity index (χ4v) is 1.77. The largest absolute Gasteiger partial charge is 0.462 e. The van der Waals surface area contributed by atoms with Crippen LogP contribution in [0, 0.1) is 10.1 Å². The van der Waals surface area contributed by atoms with Crippen LogP contribution in [0.3, 0.4) is 0 Å². The summed E-state index contributed by atoms with van der Waals surface area (Å²) in [5, 5.41) is 10.6. The second-order valence-electron chi connectivity index (χ2n) is 4.03. The maximum atomic E-state index is 11.6. The van der Waals surface area contributed by atoms with Gasteiger partial charge in [-0.1, -0.05) is 0 Å². The van der Waals surface area contributed by atoms with E-state index in [4.69, 9.17) is 10.5 Å². The van der Waals surface area contributed by atoms with Gasteiger partial charge in [0.1, 0.15) is 11.4 Å². The van der Waals surface area contributed by atoms with Crippen molar-refractivity contribution in [1.82, 2.24) is 4.98 Å². The third-order valence-electron chi connectivity index (χ3n) is 2.73. The smallest absolute Gasteiger partial charge is 0.341 e. The van der Waals surface area contributed by atoms with Gasteiger partial charge in [-0.05, 0) is 30.7 Å². The number of hydrogen-bond acceptors (Lipinski definition) is 5. The van der Waals surface area contributed by atoms with Gasteiger partial charge in [-0.2, -0.15) is 0 Å². The zero-order valence-corrected chi connectivity index (χ0v) is 10.8. The molecule has 7 nitrogen and oxygen atoms in total. The van der Waals surface area contributed by atoms with E-state index < -0.39 is 10.9 Å². The number of esters is 1. The zero-order valence-electron chi connectivity index (χ0n) is 10.8. The summed E-state index contributed by atoms with van der Waals surface area (Å²) in [6.45, 7) is 1.97. The standard InChI is InChI=1S/C13H13N3O4/c1-2-20-13(17)10-7-11(15-12(10)14)8-3-5-9(6-4-8)16(18)19/h3-7,15H,2,14H2,1H3. The number of non-ortho nitro benzene ring substituents is 1. The van der Waals surface area contributed by atoms with E-state index in [0.29, 0.717) is 11.3 Å². The molecule has 0 atom stereocenters. The highest BCUT2D eigenvalue weighted by Crippen LogP contribution is 2.25.